The van der Waals surface area contributed by atoms with E-state index in [0.29, 0.717) is 5.92 Å². The van der Waals surface area contributed by atoms with Crippen LogP contribution in [0.15, 0.2) is 35.7 Å². The summed E-state index contributed by atoms with van der Waals surface area (Å²) in [7, 11) is 0. The molecule has 18 heavy (non-hydrogen) atoms. The number of aryl methyl sites for hydroxylation is 1. The second-order valence-corrected chi connectivity index (χ2v) is 5.65. The third-order valence-electron chi connectivity index (χ3n) is 3.17. The van der Waals surface area contributed by atoms with Crippen molar-refractivity contribution in [2.75, 3.05) is 0 Å². The lowest BCUT2D eigenvalue weighted by Gasteiger charge is -2.06. The highest BCUT2D eigenvalue weighted by atomic mass is 32.1. The zero-order chi connectivity index (χ0) is 13.1. The number of ketones is 1. The molecule has 0 N–H and O–H groups in total. The fourth-order valence-electron chi connectivity index (χ4n) is 1.96. The highest BCUT2D eigenvalue weighted by Gasteiger charge is 2.14. The van der Waals surface area contributed by atoms with Gasteiger partial charge >= 0.3 is 0 Å². The number of hydrogen-bond donors (Lipinski definition) is 0. The first-order valence-corrected chi connectivity index (χ1v) is 7.22. The number of hydrogen-bond acceptors (Lipinski definition) is 2. The monoisotopic (exact) mass is 258 g/mol. The van der Waals surface area contributed by atoms with Gasteiger partial charge in [0, 0.05) is 5.56 Å². The van der Waals surface area contributed by atoms with Gasteiger partial charge in [-0.15, -0.1) is 11.3 Å². The zero-order valence-electron chi connectivity index (χ0n) is 11.1. The molecule has 2 aromatic rings. The topological polar surface area (TPSA) is 17.1 Å². The Kier molecular flexibility index (Phi) is 3.97. The Labute approximate surface area is 112 Å². The average Bonchev–Trinajstić information content (AvgIpc) is 2.86. The van der Waals surface area contributed by atoms with Crippen LogP contribution in [0.4, 0.5) is 0 Å². The van der Waals surface area contributed by atoms with Gasteiger partial charge in [-0.25, -0.2) is 0 Å². The number of benzene rings is 1. The average molecular weight is 258 g/mol. The maximum atomic E-state index is 12.4. The van der Waals surface area contributed by atoms with Crippen molar-refractivity contribution in [1.29, 1.82) is 0 Å². The summed E-state index contributed by atoms with van der Waals surface area (Å²) in [4.78, 5) is 13.3. The highest BCUT2D eigenvalue weighted by molar-refractivity contribution is 7.12. The zero-order valence-corrected chi connectivity index (χ0v) is 11.9. The van der Waals surface area contributed by atoms with E-state index < -0.39 is 0 Å². The van der Waals surface area contributed by atoms with Crippen molar-refractivity contribution in [3.05, 3.63) is 57.3 Å². The van der Waals surface area contributed by atoms with Crippen LogP contribution in [0, 0.1) is 0 Å². The van der Waals surface area contributed by atoms with Crippen molar-refractivity contribution >= 4 is 17.1 Å². The van der Waals surface area contributed by atoms with Crippen LogP contribution in [0.3, 0.4) is 0 Å². The van der Waals surface area contributed by atoms with Crippen LogP contribution < -0.4 is 0 Å². The molecule has 0 atom stereocenters. The molecule has 1 aromatic heterocycles. The Balaban J connectivity index is 2.29. The van der Waals surface area contributed by atoms with Gasteiger partial charge in [0.15, 0.2) is 0 Å². The highest BCUT2D eigenvalue weighted by Crippen LogP contribution is 2.22. The van der Waals surface area contributed by atoms with E-state index in [2.05, 4.69) is 32.9 Å². The number of carbonyl (C=O) groups excluding carboxylic acids is 1. The summed E-state index contributed by atoms with van der Waals surface area (Å²) in [5.74, 6) is 0.652. The van der Waals surface area contributed by atoms with Crippen LogP contribution in [0.1, 0.15) is 53.1 Å². The smallest absolute Gasteiger partial charge is 0.203 e. The Morgan fingerprint density at radius 2 is 1.83 bits per heavy atom. The first-order valence-electron chi connectivity index (χ1n) is 6.34. The predicted octanol–water partition coefficient (Wildman–Crippen LogP) is 4.66. The standard InChI is InChI=1S/C16H18OS/c1-4-12-9-10-18-16(12)15(17)14-7-5-13(6-8-14)11(2)3/h5-11H,4H2,1-3H3. The minimum absolute atomic E-state index is 0.150. The maximum absolute atomic E-state index is 12.4. The molecule has 1 aromatic carbocycles. The molecule has 0 radical (unpaired) electrons. The molecule has 0 amide bonds. The van der Waals surface area contributed by atoms with E-state index >= 15 is 0 Å². The fourth-order valence-corrected chi connectivity index (χ4v) is 2.92. The lowest BCUT2D eigenvalue weighted by atomic mass is 9.99. The van der Waals surface area contributed by atoms with Gasteiger partial charge in [0.25, 0.3) is 0 Å². The van der Waals surface area contributed by atoms with E-state index in [1.165, 1.54) is 16.9 Å². The molecule has 0 saturated heterocycles. The van der Waals surface area contributed by atoms with E-state index in [0.717, 1.165) is 22.4 Å². The molecular formula is C16H18OS. The minimum Gasteiger partial charge on any atom is -0.288 e. The summed E-state index contributed by atoms with van der Waals surface area (Å²) in [6.07, 6.45) is 0.911. The molecule has 0 aliphatic rings. The lowest BCUT2D eigenvalue weighted by molar-refractivity contribution is 0.104. The second kappa shape index (κ2) is 5.49. The van der Waals surface area contributed by atoms with E-state index in [1.807, 2.05) is 23.6 Å². The van der Waals surface area contributed by atoms with Crippen molar-refractivity contribution in [3.8, 4) is 0 Å². The molecule has 1 heterocycles. The summed E-state index contributed by atoms with van der Waals surface area (Å²) in [6, 6.07) is 10.0. The Morgan fingerprint density at radius 3 is 2.39 bits per heavy atom. The van der Waals surface area contributed by atoms with Gasteiger partial charge in [-0.2, -0.15) is 0 Å². The van der Waals surface area contributed by atoms with Crippen LogP contribution in [-0.2, 0) is 6.42 Å². The molecular weight excluding hydrogens is 240 g/mol. The number of rotatable bonds is 4. The van der Waals surface area contributed by atoms with E-state index in [4.69, 9.17) is 0 Å². The summed E-state index contributed by atoms with van der Waals surface area (Å²) >= 11 is 1.54. The molecule has 0 spiro atoms. The quantitative estimate of drug-likeness (QED) is 0.729. The molecule has 1 nitrogen and oxygen atoms in total. The lowest BCUT2D eigenvalue weighted by Crippen LogP contribution is -2.02. The molecule has 0 fully saturated rings. The molecule has 0 unspecified atom stereocenters. The normalized spacial score (nSPS) is 10.9. The van der Waals surface area contributed by atoms with Crippen LogP contribution >= 0.6 is 11.3 Å². The third-order valence-corrected chi connectivity index (χ3v) is 4.13. The van der Waals surface area contributed by atoms with Crippen LogP contribution in [0.25, 0.3) is 0 Å². The Hall–Kier alpha value is -1.41. The van der Waals surface area contributed by atoms with Gasteiger partial charge in [0.2, 0.25) is 5.78 Å². The summed E-state index contributed by atoms with van der Waals surface area (Å²) < 4.78 is 0. The van der Waals surface area contributed by atoms with Crippen molar-refractivity contribution in [2.24, 2.45) is 0 Å². The SMILES string of the molecule is CCc1ccsc1C(=O)c1ccc(C(C)C)cc1. The third kappa shape index (κ3) is 2.54. The Morgan fingerprint density at radius 1 is 1.17 bits per heavy atom. The van der Waals surface area contributed by atoms with Gasteiger partial charge in [-0.1, -0.05) is 45.0 Å². The summed E-state index contributed by atoms with van der Waals surface area (Å²) in [5.41, 5.74) is 3.21. The summed E-state index contributed by atoms with van der Waals surface area (Å²) in [6.45, 7) is 6.40. The first-order chi connectivity index (χ1) is 8.63. The van der Waals surface area contributed by atoms with Gasteiger partial charge in [-0.05, 0) is 34.9 Å². The van der Waals surface area contributed by atoms with Crippen LogP contribution in [-0.4, -0.2) is 5.78 Å². The molecule has 0 aliphatic carbocycles. The van der Waals surface area contributed by atoms with Crippen molar-refractivity contribution < 1.29 is 4.79 Å². The van der Waals surface area contributed by atoms with Crippen molar-refractivity contribution in [3.63, 3.8) is 0 Å². The number of carbonyl (C=O) groups is 1. The molecule has 0 aliphatic heterocycles. The molecule has 2 rings (SSSR count). The van der Waals surface area contributed by atoms with E-state index in [9.17, 15) is 4.79 Å². The van der Waals surface area contributed by atoms with E-state index in [1.54, 1.807) is 0 Å². The molecule has 0 saturated carbocycles. The van der Waals surface area contributed by atoms with Gasteiger partial charge < -0.3 is 0 Å². The van der Waals surface area contributed by atoms with Gasteiger partial charge in [0.05, 0.1) is 4.88 Å². The second-order valence-electron chi connectivity index (χ2n) is 4.73. The predicted molar refractivity (Wildman–Crippen MR) is 77.7 cm³/mol. The molecule has 0 bridgehead atoms. The van der Waals surface area contributed by atoms with Gasteiger partial charge in [0.1, 0.15) is 0 Å². The van der Waals surface area contributed by atoms with Crippen molar-refractivity contribution in [2.45, 2.75) is 33.1 Å². The minimum atomic E-state index is 0.150. The molecule has 94 valence electrons. The Bertz CT molecular complexity index is 534. The first kappa shape index (κ1) is 13.0. The van der Waals surface area contributed by atoms with Crippen LogP contribution in [0.5, 0.6) is 0 Å². The fraction of sp³-hybridized carbons (Fsp3) is 0.312. The van der Waals surface area contributed by atoms with Gasteiger partial charge in [-0.3, -0.25) is 4.79 Å². The van der Waals surface area contributed by atoms with E-state index in [-0.39, 0.29) is 5.78 Å². The van der Waals surface area contributed by atoms with Crippen molar-refractivity contribution in [1.82, 2.24) is 0 Å². The number of thiophene rings is 1. The molecule has 2 heteroatoms. The van der Waals surface area contributed by atoms with Crippen LogP contribution in [0.2, 0.25) is 0 Å². The summed E-state index contributed by atoms with van der Waals surface area (Å²) in [5, 5.41) is 1.99. The largest absolute Gasteiger partial charge is 0.288 e. The maximum Gasteiger partial charge on any atom is 0.203 e.